The number of ether oxygens (including phenoxy) is 2. The first-order chi connectivity index (χ1) is 16.2. The summed E-state index contributed by atoms with van der Waals surface area (Å²) in [7, 11) is -3.90. The quantitative estimate of drug-likeness (QED) is 0.594. The molecule has 2 aromatic heterocycles. The molecule has 4 rings (SSSR count). The largest absolute Gasteiger partial charge is 0.468 e. The Morgan fingerprint density at radius 1 is 1.41 bits per heavy atom. The second-order valence-electron chi connectivity index (χ2n) is 8.40. The minimum atomic E-state index is -3.90. The molecule has 0 saturated carbocycles. The van der Waals surface area contributed by atoms with Crippen LogP contribution in [-0.4, -0.2) is 83.0 Å². The molecule has 2 fully saturated rings. The predicted molar refractivity (Wildman–Crippen MR) is 117 cm³/mol. The van der Waals surface area contributed by atoms with Crippen molar-refractivity contribution >= 4 is 16.0 Å². The molecule has 2 aliphatic heterocycles. The van der Waals surface area contributed by atoms with Gasteiger partial charge in [-0.05, 0) is 25.5 Å². The minimum absolute atomic E-state index is 0.0269. The fourth-order valence-electron chi connectivity index (χ4n) is 3.76. The Morgan fingerprint density at radius 3 is 2.91 bits per heavy atom. The molecular weight excluding hydrogens is 467 g/mol. The molecule has 4 atom stereocenters. The second-order valence-corrected chi connectivity index (χ2v) is 10.3. The molecule has 182 valence electrons. The molecule has 13 heteroatoms. The van der Waals surface area contributed by atoms with Gasteiger partial charge in [0.25, 0.3) is 10.0 Å². The number of nitrogens with one attached hydrogen (secondary N) is 1. The van der Waals surface area contributed by atoms with Crippen LogP contribution >= 0.6 is 0 Å². The number of nitriles is 1. The molecule has 4 heterocycles. The average Bonchev–Trinajstić information content (AvgIpc) is 2.82. The number of alkyl halides is 1. The number of anilines is 1. The fraction of sp³-hybridized carbons (Fsp3) is 0.524. The van der Waals surface area contributed by atoms with Crippen molar-refractivity contribution in [3.63, 3.8) is 0 Å². The van der Waals surface area contributed by atoms with Crippen LogP contribution in [0.25, 0.3) is 0 Å². The minimum Gasteiger partial charge on any atom is -0.468 e. The number of halogens is 1. The zero-order chi connectivity index (χ0) is 24.3. The summed E-state index contributed by atoms with van der Waals surface area (Å²) in [6, 6.07) is 5.71. The van der Waals surface area contributed by atoms with E-state index in [2.05, 4.69) is 20.3 Å². The van der Waals surface area contributed by atoms with Crippen LogP contribution < -0.4 is 10.1 Å². The van der Waals surface area contributed by atoms with E-state index in [0.29, 0.717) is 13.0 Å². The van der Waals surface area contributed by atoms with Crippen molar-refractivity contribution in [1.82, 2.24) is 19.3 Å². The zero-order valence-electron chi connectivity index (χ0n) is 18.5. The second kappa shape index (κ2) is 9.75. The topological polar surface area (TPSA) is 151 Å². The Labute approximate surface area is 196 Å². The molecule has 0 unspecified atom stereocenters. The van der Waals surface area contributed by atoms with Crippen LogP contribution in [0.5, 0.6) is 5.88 Å². The lowest BCUT2D eigenvalue weighted by atomic mass is 9.94. The number of sulfonamides is 1. The smallest absolute Gasteiger partial charge is 0.260 e. The Morgan fingerprint density at radius 2 is 2.24 bits per heavy atom. The number of aliphatic hydroxyl groups is 1. The standard InChI is InChI=1S/C21H25FN6O5S/c1-21(29)6-9-32-13-17(21)33-19-14(10-23)11-25-20(27-19)26-16-5-8-28(12-15(16)22)34(30,31)18-4-2-3-7-24-18/h2-4,7,11,15-17,29H,5-6,8-9,12-13H2,1H3,(H,25,26,27)/t15-,16-,17-,21+/m1/s1. The molecule has 11 nitrogen and oxygen atoms in total. The average molecular weight is 493 g/mol. The third kappa shape index (κ3) is 5.10. The first-order valence-electron chi connectivity index (χ1n) is 10.8. The van der Waals surface area contributed by atoms with Crippen LogP contribution in [0, 0.1) is 11.3 Å². The number of pyridine rings is 1. The summed E-state index contributed by atoms with van der Waals surface area (Å²) >= 11 is 0. The van der Waals surface area contributed by atoms with Gasteiger partial charge >= 0.3 is 0 Å². The Hall–Kier alpha value is -2.92. The maximum atomic E-state index is 15.0. The van der Waals surface area contributed by atoms with Crippen LogP contribution in [0.4, 0.5) is 10.3 Å². The van der Waals surface area contributed by atoms with Gasteiger partial charge in [0.05, 0.1) is 18.8 Å². The molecule has 0 spiro atoms. The molecule has 0 bridgehead atoms. The Kier molecular flexibility index (Phi) is 6.94. The van der Waals surface area contributed by atoms with Crippen LogP contribution in [0.1, 0.15) is 25.3 Å². The normalized spacial score (nSPS) is 28.1. The first kappa shape index (κ1) is 24.2. The van der Waals surface area contributed by atoms with E-state index in [-0.39, 0.29) is 48.5 Å². The summed E-state index contributed by atoms with van der Waals surface area (Å²) in [6.07, 6.45) is 0.858. The molecule has 0 aromatic carbocycles. The van der Waals surface area contributed by atoms with Crippen molar-refractivity contribution in [2.24, 2.45) is 0 Å². The van der Waals surface area contributed by atoms with E-state index in [0.717, 1.165) is 4.31 Å². The van der Waals surface area contributed by atoms with Gasteiger partial charge in [-0.25, -0.2) is 22.8 Å². The maximum Gasteiger partial charge on any atom is 0.260 e. The Balaban J connectivity index is 1.45. The summed E-state index contributed by atoms with van der Waals surface area (Å²) in [6.45, 7) is 1.87. The lowest BCUT2D eigenvalue weighted by molar-refractivity contribution is -0.132. The van der Waals surface area contributed by atoms with Gasteiger partial charge in [-0.15, -0.1) is 0 Å². The summed E-state index contributed by atoms with van der Waals surface area (Å²) in [4.78, 5) is 12.1. The van der Waals surface area contributed by atoms with Gasteiger partial charge in [-0.2, -0.15) is 14.6 Å². The SMILES string of the molecule is C[C@]1(O)CCOC[C@H]1Oc1nc(N[C@@H]2CCN(S(=O)(=O)c3ccccn3)C[C@H]2F)ncc1C#N. The van der Waals surface area contributed by atoms with Crippen LogP contribution in [-0.2, 0) is 14.8 Å². The van der Waals surface area contributed by atoms with E-state index in [4.69, 9.17) is 9.47 Å². The highest BCUT2D eigenvalue weighted by atomic mass is 32.2. The highest BCUT2D eigenvalue weighted by molar-refractivity contribution is 7.89. The molecular formula is C21H25FN6O5S. The van der Waals surface area contributed by atoms with Crippen molar-refractivity contribution < 1.29 is 27.4 Å². The monoisotopic (exact) mass is 492 g/mol. The van der Waals surface area contributed by atoms with Crippen LogP contribution in [0.15, 0.2) is 35.6 Å². The zero-order valence-corrected chi connectivity index (χ0v) is 19.3. The van der Waals surface area contributed by atoms with Gasteiger partial charge in [-0.3, -0.25) is 0 Å². The highest BCUT2D eigenvalue weighted by Crippen LogP contribution is 2.28. The number of hydrogen-bond donors (Lipinski definition) is 2. The predicted octanol–water partition coefficient (Wildman–Crippen LogP) is 0.875. The van der Waals surface area contributed by atoms with E-state index >= 15 is 0 Å². The molecule has 0 aliphatic carbocycles. The lowest BCUT2D eigenvalue weighted by Crippen LogP contribution is -2.50. The summed E-state index contributed by atoms with van der Waals surface area (Å²) in [5.74, 6) is -0.0274. The van der Waals surface area contributed by atoms with E-state index in [1.807, 2.05) is 6.07 Å². The molecule has 2 N–H and O–H groups in total. The Bertz CT molecular complexity index is 1160. The third-order valence-corrected chi connectivity index (χ3v) is 7.69. The van der Waals surface area contributed by atoms with Crippen molar-refractivity contribution in [1.29, 1.82) is 5.26 Å². The van der Waals surface area contributed by atoms with Crippen molar-refractivity contribution in [3.05, 3.63) is 36.2 Å². The van der Waals surface area contributed by atoms with Crippen LogP contribution in [0.3, 0.4) is 0 Å². The third-order valence-electron chi connectivity index (χ3n) is 5.90. The summed E-state index contributed by atoms with van der Waals surface area (Å²) in [5.41, 5.74) is -1.11. The number of piperidine rings is 1. The highest BCUT2D eigenvalue weighted by Gasteiger charge is 2.39. The molecule has 2 aromatic rings. The lowest BCUT2D eigenvalue weighted by Gasteiger charge is -2.36. The van der Waals surface area contributed by atoms with E-state index < -0.39 is 33.9 Å². The number of hydrogen-bond acceptors (Lipinski definition) is 10. The van der Waals surface area contributed by atoms with Crippen molar-refractivity contribution in [2.45, 2.75) is 48.7 Å². The van der Waals surface area contributed by atoms with E-state index in [9.17, 15) is 23.2 Å². The molecule has 2 saturated heterocycles. The van der Waals surface area contributed by atoms with Gasteiger partial charge in [0, 0.05) is 32.3 Å². The molecule has 34 heavy (non-hydrogen) atoms. The van der Waals surface area contributed by atoms with E-state index in [1.165, 1.54) is 18.5 Å². The summed E-state index contributed by atoms with van der Waals surface area (Å²) < 4.78 is 52.6. The maximum absolute atomic E-state index is 15.0. The van der Waals surface area contributed by atoms with Crippen LogP contribution in [0.2, 0.25) is 0 Å². The molecule has 0 radical (unpaired) electrons. The van der Waals surface area contributed by atoms with Gasteiger partial charge in [0.1, 0.15) is 23.4 Å². The van der Waals surface area contributed by atoms with Gasteiger partial charge in [0.2, 0.25) is 11.8 Å². The first-order valence-corrected chi connectivity index (χ1v) is 12.2. The van der Waals surface area contributed by atoms with Gasteiger partial charge in [0.15, 0.2) is 11.1 Å². The number of nitrogens with zero attached hydrogens (tertiary/aromatic N) is 5. The number of rotatable bonds is 6. The van der Waals surface area contributed by atoms with Crippen molar-refractivity contribution in [3.8, 4) is 11.9 Å². The van der Waals surface area contributed by atoms with Gasteiger partial charge in [-0.1, -0.05) is 6.07 Å². The molecule has 0 amide bonds. The fourth-order valence-corrected chi connectivity index (χ4v) is 5.16. The van der Waals surface area contributed by atoms with Gasteiger partial charge < -0.3 is 19.9 Å². The van der Waals surface area contributed by atoms with Crippen molar-refractivity contribution in [2.75, 3.05) is 31.6 Å². The van der Waals surface area contributed by atoms with E-state index in [1.54, 1.807) is 19.1 Å². The summed E-state index contributed by atoms with van der Waals surface area (Å²) in [5, 5.41) is 22.7. The molecule has 2 aliphatic rings. The number of aromatic nitrogens is 3.